The first-order valence-corrected chi connectivity index (χ1v) is 5.09. The maximum Gasteiger partial charge on any atom is 0.0571 e. The van der Waals surface area contributed by atoms with Crippen LogP contribution in [0, 0.1) is 5.92 Å². The second-order valence-electron chi connectivity index (χ2n) is 3.33. The van der Waals surface area contributed by atoms with Gasteiger partial charge in [-0.2, -0.15) is 0 Å². The minimum atomic E-state index is 0.250. The molecule has 0 aromatic carbocycles. The highest BCUT2D eigenvalue weighted by molar-refractivity contribution is 5.84. The zero-order valence-electron chi connectivity index (χ0n) is 8.66. The molecule has 1 fully saturated rings. The highest BCUT2D eigenvalue weighted by atomic mass is 16.4. The van der Waals surface area contributed by atoms with Crippen molar-refractivity contribution < 1.29 is 10.3 Å². The second kappa shape index (κ2) is 8.05. The topological polar surface area (TPSA) is 52.8 Å². The van der Waals surface area contributed by atoms with E-state index in [9.17, 15) is 0 Å². The van der Waals surface area contributed by atoms with Gasteiger partial charge >= 0.3 is 0 Å². The molecule has 0 spiro atoms. The van der Waals surface area contributed by atoms with Gasteiger partial charge in [0, 0.05) is 6.61 Å². The second-order valence-corrected chi connectivity index (χ2v) is 3.33. The summed E-state index contributed by atoms with van der Waals surface area (Å²) in [6, 6.07) is 0. The van der Waals surface area contributed by atoms with E-state index in [0.29, 0.717) is 0 Å². The van der Waals surface area contributed by atoms with Crippen LogP contribution in [-0.2, 0) is 0 Å². The number of hydrogen-bond donors (Lipinski definition) is 2. The van der Waals surface area contributed by atoms with Crippen LogP contribution in [0.25, 0.3) is 0 Å². The molecule has 0 radical (unpaired) electrons. The summed E-state index contributed by atoms with van der Waals surface area (Å²) >= 11 is 0. The third-order valence-electron chi connectivity index (χ3n) is 2.40. The number of aliphatic hydroxyl groups excluding tert-OH is 1. The Hall–Kier alpha value is -0.570. The van der Waals surface area contributed by atoms with E-state index in [4.69, 9.17) is 10.3 Å². The Morgan fingerprint density at radius 1 is 1.31 bits per heavy atom. The normalized spacial score (nSPS) is 21.8. The predicted octanol–water partition coefficient (Wildman–Crippen LogP) is 2.42. The van der Waals surface area contributed by atoms with Crippen LogP contribution in [0.1, 0.15) is 46.0 Å². The molecule has 0 aromatic heterocycles. The Bertz CT molecular complexity index is 136. The molecule has 0 bridgehead atoms. The summed E-state index contributed by atoms with van der Waals surface area (Å²) in [5.74, 6) is 0.880. The lowest BCUT2D eigenvalue weighted by atomic mass is 9.86. The van der Waals surface area contributed by atoms with E-state index < -0.39 is 0 Å². The summed E-state index contributed by atoms with van der Waals surface area (Å²) < 4.78 is 0. The van der Waals surface area contributed by atoms with Gasteiger partial charge in [0.05, 0.1) is 5.71 Å². The molecule has 1 aliphatic rings. The Morgan fingerprint density at radius 2 is 1.77 bits per heavy atom. The summed E-state index contributed by atoms with van der Waals surface area (Å²) in [7, 11) is 0. The SMILES string of the molecule is CCC1CCC(=NO)CC1.CCO. The standard InChI is InChI=1S/C8H15NO.C2H6O/c1-2-7-3-5-8(9-10)6-4-7;1-2-3/h7,10H,2-6H2,1H3;3H,2H2,1H3. The third kappa shape index (κ3) is 5.64. The van der Waals surface area contributed by atoms with Gasteiger partial charge in [-0.3, -0.25) is 0 Å². The number of nitrogens with zero attached hydrogens (tertiary/aromatic N) is 1. The summed E-state index contributed by atoms with van der Waals surface area (Å²) in [4.78, 5) is 0. The fraction of sp³-hybridized carbons (Fsp3) is 0.900. The van der Waals surface area contributed by atoms with Crippen molar-refractivity contribution in [3.63, 3.8) is 0 Å². The largest absolute Gasteiger partial charge is 0.411 e. The highest BCUT2D eigenvalue weighted by Crippen LogP contribution is 2.24. The molecular weight excluding hydrogens is 166 g/mol. The molecule has 1 rings (SSSR count). The van der Waals surface area contributed by atoms with Gasteiger partial charge in [-0.1, -0.05) is 18.5 Å². The van der Waals surface area contributed by atoms with Gasteiger partial charge < -0.3 is 10.3 Å². The van der Waals surface area contributed by atoms with E-state index in [0.717, 1.165) is 24.5 Å². The summed E-state index contributed by atoms with van der Waals surface area (Å²) in [6.07, 6.45) is 5.73. The van der Waals surface area contributed by atoms with Crippen molar-refractivity contribution in [2.24, 2.45) is 11.1 Å². The van der Waals surface area contributed by atoms with Crippen molar-refractivity contribution >= 4 is 5.71 Å². The molecule has 1 saturated carbocycles. The van der Waals surface area contributed by atoms with Gasteiger partial charge in [0.2, 0.25) is 0 Å². The van der Waals surface area contributed by atoms with Crippen LogP contribution in [0.15, 0.2) is 5.16 Å². The van der Waals surface area contributed by atoms with E-state index in [1.54, 1.807) is 6.92 Å². The molecule has 0 heterocycles. The Labute approximate surface area is 80.5 Å². The van der Waals surface area contributed by atoms with Gasteiger partial charge in [0.15, 0.2) is 0 Å². The molecule has 0 aromatic rings. The molecule has 78 valence electrons. The molecule has 0 saturated heterocycles. The molecular formula is C10H21NO2. The van der Waals surface area contributed by atoms with Crippen LogP contribution in [0.2, 0.25) is 0 Å². The first kappa shape index (κ1) is 12.4. The van der Waals surface area contributed by atoms with Crippen molar-refractivity contribution in [2.75, 3.05) is 6.61 Å². The van der Waals surface area contributed by atoms with Gasteiger partial charge in [-0.25, -0.2) is 0 Å². The Kier molecular flexibility index (Phi) is 7.69. The average Bonchev–Trinajstić information content (AvgIpc) is 2.19. The van der Waals surface area contributed by atoms with Crippen LogP contribution in [0.5, 0.6) is 0 Å². The molecule has 13 heavy (non-hydrogen) atoms. The van der Waals surface area contributed by atoms with Crippen LogP contribution in [0.3, 0.4) is 0 Å². The molecule has 0 amide bonds. The monoisotopic (exact) mass is 187 g/mol. The fourth-order valence-corrected chi connectivity index (χ4v) is 1.52. The maximum absolute atomic E-state index is 8.44. The average molecular weight is 187 g/mol. The zero-order chi connectivity index (χ0) is 10.1. The molecule has 0 atom stereocenters. The van der Waals surface area contributed by atoms with E-state index in [1.807, 2.05) is 0 Å². The van der Waals surface area contributed by atoms with E-state index in [1.165, 1.54) is 19.3 Å². The van der Waals surface area contributed by atoms with Crippen molar-refractivity contribution in [3.8, 4) is 0 Å². The van der Waals surface area contributed by atoms with E-state index in [2.05, 4.69) is 12.1 Å². The Balaban J connectivity index is 0.000000424. The van der Waals surface area contributed by atoms with Crippen LogP contribution < -0.4 is 0 Å². The lowest BCUT2D eigenvalue weighted by molar-refractivity contribution is 0.309. The van der Waals surface area contributed by atoms with Gasteiger partial charge in [0.25, 0.3) is 0 Å². The summed E-state index contributed by atoms with van der Waals surface area (Å²) in [5.41, 5.74) is 0.990. The maximum atomic E-state index is 8.44. The fourth-order valence-electron chi connectivity index (χ4n) is 1.52. The van der Waals surface area contributed by atoms with E-state index >= 15 is 0 Å². The smallest absolute Gasteiger partial charge is 0.0571 e. The van der Waals surface area contributed by atoms with Crippen molar-refractivity contribution in [2.45, 2.75) is 46.0 Å². The first-order chi connectivity index (χ1) is 6.28. The third-order valence-corrected chi connectivity index (χ3v) is 2.40. The number of oxime groups is 1. The van der Waals surface area contributed by atoms with Crippen LogP contribution >= 0.6 is 0 Å². The lowest BCUT2D eigenvalue weighted by Gasteiger charge is -2.20. The number of hydrogen-bond acceptors (Lipinski definition) is 3. The van der Waals surface area contributed by atoms with Crippen molar-refractivity contribution in [1.82, 2.24) is 0 Å². The lowest BCUT2D eigenvalue weighted by Crippen LogP contribution is -2.13. The van der Waals surface area contributed by atoms with Crippen LogP contribution in [-0.4, -0.2) is 22.6 Å². The zero-order valence-corrected chi connectivity index (χ0v) is 8.66. The molecule has 2 N–H and O–H groups in total. The molecule has 0 aliphatic heterocycles. The van der Waals surface area contributed by atoms with Gasteiger partial charge in [-0.05, 0) is 38.5 Å². The Morgan fingerprint density at radius 3 is 2.08 bits per heavy atom. The van der Waals surface area contributed by atoms with Crippen LogP contribution in [0.4, 0.5) is 0 Å². The van der Waals surface area contributed by atoms with Gasteiger partial charge in [-0.15, -0.1) is 0 Å². The molecule has 1 aliphatic carbocycles. The molecule has 0 unspecified atom stereocenters. The predicted molar refractivity (Wildman–Crippen MR) is 54.2 cm³/mol. The van der Waals surface area contributed by atoms with Gasteiger partial charge in [0.1, 0.15) is 0 Å². The quantitative estimate of drug-likeness (QED) is 0.489. The van der Waals surface area contributed by atoms with Crippen molar-refractivity contribution in [3.05, 3.63) is 0 Å². The van der Waals surface area contributed by atoms with Crippen molar-refractivity contribution in [1.29, 1.82) is 0 Å². The summed E-state index contributed by atoms with van der Waals surface area (Å²) in [6.45, 7) is 4.16. The molecule has 3 heteroatoms. The number of rotatable bonds is 1. The minimum Gasteiger partial charge on any atom is -0.411 e. The minimum absolute atomic E-state index is 0.250. The number of aliphatic hydroxyl groups is 1. The van der Waals surface area contributed by atoms with E-state index in [-0.39, 0.29) is 6.61 Å². The summed E-state index contributed by atoms with van der Waals surface area (Å²) in [5, 5.41) is 19.2. The first-order valence-electron chi connectivity index (χ1n) is 5.09. The molecule has 3 nitrogen and oxygen atoms in total. The highest BCUT2D eigenvalue weighted by Gasteiger charge is 2.15.